The monoisotopic (exact) mass is 252 g/mol. The van der Waals surface area contributed by atoms with Gasteiger partial charge in [0.1, 0.15) is 0 Å². The topological polar surface area (TPSA) is 55.1 Å². The molecule has 0 bridgehead atoms. The third-order valence-corrected chi connectivity index (χ3v) is 4.67. The van der Waals surface area contributed by atoms with Crippen molar-refractivity contribution in [2.45, 2.75) is 71.4 Å². The van der Waals surface area contributed by atoms with Gasteiger partial charge in [-0.2, -0.15) is 0 Å². The molecule has 0 aromatic carbocycles. The van der Waals surface area contributed by atoms with Crippen LogP contribution in [0.5, 0.6) is 0 Å². The maximum Gasteiger partial charge on any atom is 0.223 e. The Labute approximate surface area is 111 Å². The van der Waals surface area contributed by atoms with E-state index < -0.39 is 0 Å². The van der Waals surface area contributed by atoms with Gasteiger partial charge in [0.25, 0.3) is 0 Å². The molecule has 2 aliphatic carbocycles. The minimum atomic E-state index is 0.146. The Kier molecular flexibility index (Phi) is 4.00. The van der Waals surface area contributed by atoms with E-state index in [-0.39, 0.29) is 17.9 Å². The molecule has 3 heteroatoms. The number of nitrogens with two attached hydrogens (primary N) is 1. The van der Waals surface area contributed by atoms with Gasteiger partial charge in [-0.1, -0.05) is 20.8 Å². The highest BCUT2D eigenvalue weighted by molar-refractivity contribution is 5.79. The van der Waals surface area contributed by atoms with Crippen LogP contribution < -0.4 is 11.1 Å². The van der Waals surface area contributed by atoms with Gasteiger partial charge in [0.05, 0.1) is 0 Å². The second-order valence-corrected chi connectivity index (χ2v) is 7.38. The van der Waals surface area contributed by atoms with Gasteiger partial charge in [-0.15, -0.1) is 0 Å². The molecule has 3 N–H and O–H groups in total. The second kappa shape index (κ2) is 5.20. The van der Waals surface area contributed by atoms with Gasteiger partial charge in [0.2, 0.25) is 5.91 Å². The van der Waals surface area contributed by atoms with Crippen LogP contribution in [0.1, 0.15) is 59.3 Å². The Hall–Kier alpha value is -0.570. The molecule has 18 heavy (non-hydrogen) atoms. The van der Waals surface area contributed by atoms with Crippen molar-refractivity contribution in [3.05, 3.63) is 0 Å². The molecule has 0 spiro atoms. The van der Waals surface area contributed by atoms with Gasteiger partial charge in [0.15, 0.2) is 0 Å². The van der Waals surface area contributed by atoms with Gasteiger partial charge in [-0.05, 0) is 49.9 Å². The van der Waals surface area contributed by atoms with E-state index >= 15 is 0 Å². The van der Waals surface area contributed by atoms with Crippen LogP contribution in [0.3, 0.4) is 0 Å². The van der Waals surface area contributed by atoms with Gasteiger partial charge in [-0.25, -0.2) is 0 Å². The fourth-order valence-electron chi connectivity index (χ4n) is 3.75. The largest absolute Gasteiger partial charge is 0.353 e. The van der Waals surface area contributed by atoms with Crippen LogP contribution in [0, 0.1) is 17.3 Å². The van der Waals surface area contributed by atoms with Crippen molar-refractivity contribution in [1.29, 1.82) is 0 Å². The fraction of sp³-hybridized carbons (Fsp3) is 0.933. The molecular weight excluding hydrogens is 224 g/mol. The average Bonchev–Trinajstić information content (AvgIpc) is 2.56. The van der Waals surface area contributed by atoms with Gasteiger partial charge in [0, 0.05) is 18.0 Å². The predicted octanol–water partition coefficient (Wildman–Crippen LogP) is 2.44. The van der Waals surface area contributed by atoms with E-state index in [2.05, 4.69) is 26.1 Å². The van der Waals surface area contributed by atoms with Crippen LogP contribution in [-0.2, 0) is 4.79 Å². The van der Waals surface area contributed by atoms with Gasteiger partial charge < -0.3 is 11.1 Å². The van der Waals surface area contributed by atoms with Crippen LogP contribution in [0.25, 0.3) is 0 Å². The molecule has 2 saturated carbocycles. The molecule has 0 aliphatic heterocycles. The van der Waals surface area contributed by atoms with E-state index in [9.17, 15) is 4.79 Å². The molecule has 4 atom stereocenters. The summed E-state index contributed by atoms with van der Waals surface area (Å²) in [6.07, 6.45) is 6.42. The zero-order valence-corrected chi connectivity index (χ0v) is 12.0. The Bertz CT molecular complexity index is 304. The zero-order chi connectivity index (χ0) is 13.3. The smallest absolute Gasteiger partial charge is 0.223 e. The van der Waals surface area contributed by atoms with Crippen molar-refractivity contribution in [2.24, 2.45) is 23.0 Å². The van der Waals surface area contributed by atoms with Crippen LogP contribution in [0.2, 0.25) is 0 Å². The lowest BCUT2D eigenvalue weighted by Gasteiger charge is -2.31. The normalized spacial score (nSPS) is 39.6. The van der Waals surface area contributed by atoms with E-state index in [0.29, 0.717) is 17.4 Å². The first-order chi connectivity index (χ1) is 8.35. The van der Waals surface area contributed by atoms with E-state index in [1.54, 1.807) is 0 Å². The SMILES string of the molecule is CC1CC(N)CC(C(=O)NC2CCC(C)(C)C2)C1. The van der Waals surface area contributed by atoms with Gasteiger partial charge in [-0.3, -0.25) is 4.79 Å². The lowest BCUT2D eigenvalue weighted by molar-refractivity contribution is -0.127. The molecule has 0 radical (unpaired) electrons. The first-order valence-electron chi connectivity index (χ1n) is 7.42. The first-order valence-corrected chi connectivity index (χ1v) is 7.42. The third-order valence-electron chi connectivity index (χ3n) is 4.67. The maximum absolute atomic E-state index is 12.3. The molecule has 0 aromatic rings. The standard InChI is InChI=1S/C15H28N2O/c1-10-6-11(8-12(16)7-10)14(18)17-13-4-5-15(2,3)9-13/h10-13H,4-9,16H2,1-3H3,(H,17,18). The van der Waals surface area contributed by atoms with E-state index in [1.807, 2.05) is 0 Å². The molecule has 2 aliphatic rings. The Morgan fingerprint density at radius 1 is 1.28 bits per heavy atom. The number of carbonyl (C=O) groups excluding carboxylic acids is 1. The summed E-state index contributed by atoms with van der Waals surface area (Å²) in [5, 5.41) is 3.25. The molecule has 2 fully saturated rings. The van der Waals surface area contributed by atoms with Crippen molar-refractivity contribution in [2.75, 3.05) is 0 Å². The van der Waals surface area contributed by atoms with Crippen molar-refractivity contribution in [3.63, 3.8) is 0 Å². The maximum atomic E-state index is 12.3. The minimum absolute atomic E-state index is 0.146. The molecule has 0 heterocycles. The third kappa shape index (κ3) is 3.47. The molecule has 1 amide bonds. The van der Waals surface area contributed by atoms with E-state index in [1.165, 1.54) is 6.42 Å². The fourth-order valence-corrected chi connectivity index (χ4v) is 3.75. The summed E-state index contributed by atoms with van der Waals surface area (Å²) in [5.74, 6) is 0.983. The summed E-state index contributed by atoms with van der Waals surface area (Å²) in [6, 6.07) is 0.602. The number of amides is 1. The summed E-state index contributed by atoms with van der Waals surface area (Å²) in [6.45, 7) is 6.79. The predicted molar refractivity (Wildman–Crippen MR) is 74.0 cm³/mol. The number of hydrogen-bond donors (Lipinski definition) is 2. The number of carbonyl (C=O) groups is 1. The Balaban J connectivity index is 1.84. The van der Waals surface area contributed by atoms with E-state index in [0.717, 1.165) is 32.1 Å². The zero-order valence-electron chi connectivity index (χ0n) is 12.0. The van der Waals surface area contributed by atoms with Crippen molar-refractivity contribution in [1.82, 2.24) is 5.32 Å². The Morgan fingerprint density at radius 2 is 2.00 bits per heavy atom. The van der Waals surface area contributed by atoms with Crippen molar-refractivity contribution < 1.29 is 4.79 Å². The second-order valence-electron chi connectivity index (χ2n) is 7.38. The number of rotatable bonds is 2. The molecule has 104 valence electrons. The molecule has 2 rings (SSSR count). The summed E-state index contributed by atoms with van der Waals surface area (Å²) in [7, 11) is 0. The summed E-state index contributed by atoms with van der Waals surface area (Å²) >= 11 is 0. The quantitative estimate of drug-likeness (QED) is 0.793. The van der Waals surface area contributed by atoms with Crippen LogP contribution in [0.15, 0.2) is 0 Å². The molecule has 0 saturated heterocycles. The minimum Gasteiger partial charge on any atom is -0.353 e. The highest BCUT2D eigenvalue weighted by atomic mass is 16.1. The highest BCUT2D eigenvalue weighted by Gasteiger charge is 2.34. The summed E-state index contributed by atoms with van der Waals surface area (Å²) in [5.41, 5.74) is 6.42. The van der Waals surface area contributed by atoms with Crippen molar-refractivity contribution >= 4 is 5.91 Å². The number of hydrogen-bond acceptors (Lipinski definition) is 2. The molecule has 3 nitrogen and oxygen atoms in total. The first kappa shape index (κ1) is 13.9. The van der Waals surface area contributed by atoms with Crippen LogP contribution in [-0.4, -0.2) is 18.0 Å². The average molecular weight is 252 g/mol. The van der Waals surface area contributed by atoms with Crippen molar-refractivity contribution in [3.8, 4) is 0 Å². The van der Waals surface area contributed by atoms with Crippen LogP contribution >= 0.6 is 0 Å². The number of nitrogens with one attached hydrogen (secondary N) is 1. The van der Waals surface area contributed by atoms with E-state index in [4.69, 9.17) is 5.73 Å². The summed E-state index contributed by atoms with van der Waals surface area (Å²) in [4.78, 5) is 12.3. The lowest BCUT2D eigenvalue weighted by atomic mass is 9.79. The van der Waals surface area contributed by atoms with Crippen LogP contribution in [0.4, 0.5) is 0 Å². The summed E-state index contributed by atoms with van der Waals surface area (Å²) < 4.78 is 0. The van der Waals surface area contributed by atoms with Gasteiger partial charge >= 0.3 is 0 Å². The molecule has 4 unspecified atom stereocenters. The lowest BCUT2D eigenvalue weighted by Crippen LogP contribution is -2.43. The Morgan fingerprint density at radius 3 is 2.56 bits per heavy atom. The highest BCUT2D eigenvalue weighted by Crippen LogP contribution is 2.37. The molecular formula is C15H28N2O. The molecule has 0 aromatic heterocycles.